The largest absolute Gasteiger partial charge is 0.497 e. The zero-order valence-electron chi connectivity index (χ0n) is 22.3. The van der Waals surface area contributed by atoms with Crippen LogP contribution < -0.4 is 19.7 Å². The molecule has 0 bridgehead atoms. The van der Waals surface area contributed by atoms with Crippen molar-refractivity contribution in [3.05, 3.63) is 119 Å². The van der Waals surface area contributed by atoms with Gasteiger partial charge in [-0.05, 0) is 65.7 Å². The van der Waals surface area contributed by atoms with E-state index in [-0.39, 0.29) is 17.4 Å². The van der Waals surface area contributed by atoms with Crippen LogP contribution in [0.1, 0.15) is 43.8 Å². The summed E-state index contributed by atoms with van der Waals surface area (Å²) in [6, 6.07) is 27.5. The van der Waals surface area contributed by atoms with Gasteiger partial charge < -0.3 is 19.5 Å². The number of carbonyl (C=O) groups excluding carboxylic acids is 3. The second-order valence-electron chi connectivity index (χ2n) is 9.18. The van der Waals surface area contributed by atoms with Crippen LogP contribution in [0.5, 0.6) is 11.5 Å². The number of amides is 2. The quantitative estimate of drug-likeness (QED) is 0.309. The molecule has 0 spiro atoms. The van der Waals surface area contributed by atoms with Crippen LogP contribution in [-0.2, 0) is 9.53 Å². The smallest absolute Gasteiger partial charge is 0.339 e. The standard InChI is InChI=1S/C32H28N2O6/c1-38-22-16-12-20(13-17-22)29-28(30(35)33-27-11-7-6-10-26(27)32(37)40-3)24-8-4-5-9-25(24)31(36)34(29)21-14-18-23(39-2)19-15-21/h4-19,28-29H,1-3H3,(H,33,35)/t28-,29-/m1/s1. The molecule has 40 heavy (non-hydrogen) atoms. The summed E-state index contributed by atoms with van der Waals surface area (Å²) in [6.45, 7) is 0. The summed E-state index contributed by atoms with van der Waals surface area (Å²) in [5.74, 6) is -0.716. The van der Waals surface area contributed by atoms with Gasteiger partial charge in [-0.25, -0.2) is 4.79 Å². The molecule has 0 fully saturated rings. The van der Waals surface area contributed by atoms with Crippen molar-refractivity contribution in [3.8, 4) is 11.5 Å². The van der Waals surface area contributed by atoms with E-state index in [9.17, 15) is 14.4 Å². The van der Waals surface area contributed by atoms with E-state index in [4.69, 9.17) is 14.2 Å². The Hall–Kier alpha value is -5.11. The molecule has 8 heteroatoms. The zero-order chi connectivity index (χ0) is 28.2. The monoisotopic (exact) mass is 536 g/mol. The van der Waals surface area contributed by atoms with Gasteiger partial charge in [0.1, 0.15) is 11.5 Å². The fourth-order valence-corrected chi connectivity index (χ4v) is 5.08. The van der Waals surface area contributed by atoms with Crippen molar-refractivity contribution in [2.45, 2.75) is 12.0 Å². The fraction of sp³-hybridized carbons (Fsp3) is 0.156. The first kappa shape index (κ1) is 26.5. The van der Waals surface area contributed by atoms with Crippen molar-refractivity contribution in [3.63, 3.8) is 0 Å². The Kier molecular flexibility index (Phi) is 7.50. The summed E-state index contributed by atoms with van der Waals surface area (Å²) in [4.78, 5) is 42.4. The molecule has 4 aromatic carbocycles. The molecule has 1 N–H and O–H groups in total. The minimum atomic E-state index is -0.824. The molecule has 0 saturated heterocycles. The number of anilines is 2. The molecule has 8 nitrogen and oxygen atoms in total. The van der Waals surface area contributed by atoms with Crippen molar-refractivity contribution >= 4 is 29.2 Å². The van der Waals surface area contributed by atoms with E-state index in [0.717, 1.165) is 5.56 Å². The lowest BCUT2D eigenvalue weighted by atomic mass is 9.78. The van der Waals surface area contributed by atoms with Gasteiger partial charge in [-0.1, -0.05) is 42.5 Å². The average molecular weight is 537 g/mol. The fourth-order valence-electron chi connectivity index (χ4n) is 5.08. The van der Waals surface area contributed by atoms with Crippen molar-refractivity contribution in [1.29, 1.82) is 0 Å². The lowest BCUT2D eigenvalue weighted by Gasteiger charge is -2.42. The summed E-state index contributed by atoms with van der Waals surface area (Å²) in [5.41, 5.74) is 2.90. The topological polar surface area (TPSA) is 94.2 Å². The van der Waals surface area contributed by atoms with E-state index in [1.54, 1.807) is 98.0 Å². The number of nitrogens with zero attached hydrogens (tertiary/aromatic N) is 1. The van der Waals surface area contributed by atoms with Gasteiger partial charge in [-0.15, -0.1) is 0 Å². The highest BCUT2D eigenvalue weighted by Crippen LogP contribution is 2.46. The van der Waals surface area contributed by atoms with Gasteiger partial charge in [0.15, 0.2) is 0 Å². The molecule has 1 aliphatic heterocycles. The first-order chi connectivity index (χ1) is 19.5. The third-order valence-corrected chi connectivity index (χ3v) is 7.02. The molecular weight excluding hydrogens is 508 g/mol. The Morgan fingerprint density at radius 1 is 0.750 bits per heavy atom. The molecule has 0 radical (unpaired) electrons. The predicted octanol–water partition coefficient (Wildman–Crippen LogP) is 5.61. The maximum Gasteiger partial charge on any atom is 0.339 e. The van der Waals surface area contributed by atoms with Crippen LogP contribution in [0.2, 0.25) is 0 Å². The third-order valence-electron chi connectivity index (χ3n) is 7.02. The van der Waals surface area contributed by atoms with Gasteiger partial charge in [0.2, 0.25) is 5.91 Å². The summed E-state index contributed by atoms with van der Waals surface area (Å²) < 4.78 is 15.6. The number of rotatable bonds is 7. The Bertz CT molecular complexity index is 1550. The lowest BCUT2D eigenvalue weighted by Crippen LogP contribution is -2.46. The van der Waals surface area contributed by atoms with E-state index < -0.39 is 17.9 Å². The highest BCUT2D eigenvalue weighted by molar-refractivity contribution is 6.13. The predicted molar refractivity (Wildman–Crippen MR) is 151 cm³/mol. The Balaban J connectivity index is 1.68. The van der Waals surface area contributed by atoms with Crippen molar-refractivity contribution in [1.82, 2.24) is 0 Å². The van der Waals surface area contributed by atoms with E-state index in [0.29, 0.717) is 34.0 Å². The Morgan fingerprint density at radius 2 is 1.35 bits per heavy atom. The molecule has 0 saturated carbocycles. The van der Waals surface area contributed by atoms with Gasteiger partial charge in [-0.2, -0.15) is 0 Å². The number of ether oxygens (including phenoxy) is 3. The highest BCUT2D eigenvalue weighted by Gasteiger charge is 2.45. The molecule has 0 aromatic heterocycles. The number of methoxy groups -OCH3 is 3. The summed E-state index contributed by atoms with van der Waals surface area (Å²) in [5, 5.41) is 2.94. The SMILES string of the molecule is COC(=O)c1ccccc1NC(=O)[C@@H]1c2ccccc2C(=O)N(c2ccc(OC)cc2)[C@@H]1c1ccc(OC)cc1. The van der Waals surface area contributed by atoms with Crippen LogP contribution in [0.3, 0.4) is 0 Å². The second kappa shape index (κ2) is 11.3. The maximum atomic E-state index is 14.2. The van der Waals surface area contributed by atoms with Crippen LogP contribution in [-0.4, -0.2) is 39.1 Å². The molecule has 0 aliphatic carbocycles. The van der Waals surface area contributed by atoms with Gasteiger partial charge in [-0.3, -0.25) is 14.5 Å². The third kappa shape index (κ3) is 4.87. The summed E-state index contributed by atoms with van der Waals surface area (Å²) >= 11 is 0. The second-order valence-corrected chi connectivity index (χ2v) is 9.18. The molecule has 0 unspecified atom stereocenters. The van der Waals surface area contributed by atoms with Crippen molar-refractivity contribution in [2.75, 3.05) is 31.5 Å². The van der Waals surface area contributed by atoms with Crippen molar-refractivity contribution in [2.24, 2.45) is 0 Å². The maximum absolute atomic E-state index is 14.2. The minimum absolute atomic E-state index is 0.228. The summed E-state index contributed by atoms with van der Waals surface area (Å²) in [6.07, 6.45) is 0. The first-order valence-corrected chi connectivity index (χ1v) is 12.7. The number of fused-ring (bicyclic) bond motifs is 1. The number of carbonyl (C=O) groups is 3. The zero-order valence-corrected chi connectivity index (χ0v) is 22.3. The van der Waals surface area contributed by atoms with E-state index in [1.165, 1.54) is 7.11 Å². The van der Waals surface area contributed by atoms with Crippen LogP contribution >= 0.6 is 0 Å². The average Bonchev–Trinajstić information content (AvgIpc) is 3.01. The molecule has 2 atom stereocenters. The van der Waals surface area contributed by atoms with E-state index >= 15 is 0 Å². The molecule has 1 aliphatic rings. The number of hydrogen-bond acceptors (Lipinski definition) is 6. The van der Waals surface area contributed by atoms with Crippen LogP contribution in [0, 0.1) is 0 Å². The van der Waals surface area contributed by atoms with E-state index in [1.807, 2.05) is 18.2 Å². The first-order valence-electron chi connectivity index (χ1n) is 12.7. The molecule has 202 valence electrons. The molecule has 2 amide bonds. The molecule has 1 heterocycles. The van der Waals surface area contributed by atoms with Gasteiger partial charge in [0.25, 0.3) is 5.91 Å². The lowest BCUT2D eigenvalue weighted by molar-refractivity contribution is -0.118. The Morgan fingerprint density at radius 3 is 2.00 bits per heavy atom. The van der Waals surface area contributed by atoms with Gasteiger partial charge in [0.05, 0.1) is 44.5 Å². The summed E-state index contributed by atoms with van der Waals surface area (Å²) in [7, 11) is 4.44. The van der Waals surface area contributed by atoms with Crippen LogP contribution in [0.4, 0.5) is 11.4 Å². The number of esters is 1. The number of nitrogens with one attached hydrogen (secondary N) is 1. The molecule has 5 rings (SSSR count). The minimum Gasteiger partial charge on any atom is -0.497 e. The molecule has 4 aromatic rings. The number of hydrogen-bond donors (Lipinski definition) is 1. The van der Waals surface area contributed by atoms with Gasteiger partial charge >= 0.3 is 5.97 Å². The number of para-hydroxylation sites is 1. The highest BCUT2D eigenvalue weighted by atomic mass is 16.5. The van der Waals surface area contributed by atoms with Crippen LogP contribution in [0.25, 0.3) is 0 Å². The van der Waals surface area contributed by atoms with Crippen molar-refractivity contribution < 1.29 is 28.6 Å². The van der Waals surface area contributed by atoms with E-state index in [2.05, 4.69) is 5.32 Å². The van der Waals surface area contributed by atoms with Crippen LogP contribution in [0.15, 0.2) is 97.1 Å². The van der Waals surface area contributed by atoms with Gasteiger partial charge in [0, 0.05) is 11.3 Å². The Labute approximate surface area is 232 Å². The number of benzene rings is 4. The normalized spacial score (nSPS) is 16.1. The molecular formula is C32H28N2O6.